The summed E-state index contributed by atoms with van der Waals surface area (Å²) in [6.45, 7) is 35.2. The molecule has 4 heteroatoms. The van der Waals surface area contributed by atoms with Crippen LogP contribution in [0.5, 0.6) is 0 Å². The van der Waals surface area contributed by atoms with Gasteiger partial charge in [0.05, 0.1) is 51.6 Å². The molecule has 0 saturated heterocycles. The molecule has 9 aromatic rings. The lowest BCUT2D eigenvalue weighted by Gasteiger charge is -2.23. The quantitative estimate of drug-likeness (QED) is 0.163. The number of nitriles is 1. The summed E-state index contributed by atoms with van der Waals surface area (Å²) in [5.74, 6) is 0. The van der Waals surface area contributed by atoms with Crippen LogP contribution in [0.25, 0.3) is 82.1 Å². The second-order valence-electron chi connectivity index (χ2n) is 21.8. The van der Waals surface area contributed by atoms with Gasteiger partial charge in [0.1, 0.15) is 0 Å². The van der Waals surface area contributed by atoms with Gasteiger partial charge in [-0.3, -0.25) is 0 Å². The molecule has 0 fully saturated rings. The summed E-state index contributed by atoms with van der Waals surface area (Å²) in [4.78, 5) is 3.76. The first-order valence-corrected chi connectivity index (χ1v) is 22.5. The number of hydrogen-bond donors (Lipinski definition) is 0. The highest BCUT2D eigenvalue weighted by atomic mass is 15.0. The zero-order valence-electron chi connectivity index (χ0n) is 39.5. The van der Waals surface area contributed by atoms with E-state index in [0.717, 1.165) is 55.7 Å². The molecule has 64 heavy (non-hydrogen) atoms. The average molecular weight is 835 g/mol. The molecule has 0 saturated carbocycles. The van der Waals surface area contributed by atoms with E-state index >= 15 is 0 Å². The Morgan fingerprint density at radius 3 is 1.00 bits per heavy atom. The SMILES string of the molecule is [C-]#[N+]c1ccc(-c2cc(-c3ccc(C#N)cc3)c(-n3c4ccc(C(C)(C)C)cc4c4cc(C(C)(C)C)ccc43)cc2-n2c3ccc(C(C)(C)C)cc3c3cc(C(C)(C)C)ccc32)cc1. The van der Waals surface area contributed by atoms with Crippen molar-refractivity contribution in [3.05, 3.63) is 173 Å². The molecule has 0 atom stereocenters. The zero-order chi connectivity index (χ0) is 45.7. The predicted molar refractivity (Wildman–Crippen MR) is 272 cm³/mol. The number of benzene rings is 7. The van der Waals surface area contributed by atoms with Crippen LogP contribution in [0.3, 0.4) is 0 Å². The van der Waals surface area contributed by atoms with Crippen LogP contribution in [0.2, 0.25) is 0 Å². The fourth-order valence-corrected chi connectivity index (χ4v) is 9.28. The minimum Gasteiger partial charge on any atom is -0.309 e. The summed E-state index contributed by atoms with van der Waals surface area (Å²) in [5, 5.41) is 14.8. The molecule has 2 aromatic heterocycles. The third-order valence-electron chi connectivity index (χ3n) is 13.2. The van der Waals surface area contributed by atoms with Gasteiger partial charge in [-0.2, -0.15) is 5.26 Å². The van der Waals surface area contributed by atoms with Crippen LogP contribution >= 0.6 is 0 Å². The van der Waals surface area contributed by atoms with Crippen LogP contribution in [-0.2, 0) is 21.7 Å². The van der Waals surface area contributed by atoms with Gasteiger partial charge >= 0.3 is 0 Å². The molecule has 0 aliphatic heterocycles. The number of hydrogen-bond acceptors (Lipinski definition) is 1. The first-order valence-electron chi connectivity index (χ1n) is 22.5. The van der Waals surface area contributed by atoms with E-state index < -0.39 is 0 Å². The maximum atomic E-state index is 9.90. The van der Waals surface area contributed by atoms with Gasteiger partial charge in [-0.1, -0.05) is 144 Å². The molecule has 318 valence electrons. The van der Waals surface area contributed by atoms with Gasteiger partial charge in [0.2, 0.25) is 0 Å². The van der Waals surface area contributed by atoms with E-state index in [1.807, 2.05) is 24.3 Å². The van der Waals surface area contributed by atoms with Crippen molar-refractivity contribution < 1.29 is 0 Å². The van der Waals surface area contributed by atoms with Gasteiger partial charge in [0.15, 0.2) is 5.69 Å². The molecule has 0 unspecified atom stereocenters. The Kier molecular flexibility index (Phi) is 9.85. The standard InChI is InChI=1S/C60H58N4/c1-57(2,3)40-20-26-51-47(30-40)48-31-41(58(4,5)6)21-27-52(48)63(51)55-35-56(46(39-18-24-44(62-13)25-19-39)34-45(55)38-16-14-37(36-61)15-17-38)64-53-28-22-42(59(7,8)9)32-49(53)50-33-43(60(10,11)12)23-29-54(50)64/h14-35H,1-12H3. The summed E-state index contributed by atoms with van der Waals surface area (Å²) < 4.78 is 4.94. The smallest absolute Gasteiger partial charge is 0.187 e. The third kappa shape index (κ3) is 7.26. The summed E-state index contributed by atoms with van der Waals surface area (Å²) in [6.07, 6.45) is 0. The summed E-state index contributed by atoms with van der Waals surface area (Å²) in [5.41, 5.74) is 17.0. The molecule has 9 rings (SSSR count). The molecule has 0 aliphatic rings. The first-order chi connectivity index (χ1) is 30.1. The van der Waals surface area contributed by atoms with Crippen LogP contribution in [0.1, 0.15) is 111 Å². The molecule has 0 radical (unpaired) electrons. The Morgan fingerprint density at radius 2 is 0.719 bits per heavy atom. The summed E-state index contributed by atoms with van der Waals surface area (Å²) >= 11 is 0. The molecule has 0 spiro atoms. The highest BCUT2D eigenvalue weighted by Gasteiger charge is 2.27. The second-order valence-corrected chi connectivity index (χ2v) is 21.8. The third-order valence-corrected chi connectivity index (χ3v) is 13.2. The van der Waals surface area contributed by atoms with Gasteiger partial charge in [0, 0.05) is 32.7 Å². The van der Waals surface area contributed by atoms with Gasteiger partial charge < -0.3 is 9.13 Å². The fourth-order valence-electron chi connectivity index (χ4n) is 9.28. The molecule has 0 N–H and O–H groups in total. The molecule has 0 amide bonds. The van der Waals surface area contributed by atoms with Crippen LogP contribution in [0, 0.1) is 17.9 Å². The molecule has 7 aromatic carbocycles. The maximum Gasteiger partial charge on any atom is 0.187 e. The van der Waals surface area contributed by atoms with Crippen LogP contribution in [0.15, 0.2) is 133 Å². The van der Waals surface area contributed by atoms with Crippen molar-refractivity contribution in [2.24, 2.45) is 0 Å². The van der Waals surface area contributed by atoms with Crippen molar-refractivity contribution in [3.63, 3.8) is 0 Å². The molecular weight excluding hydrogens is 777 g/mol. The van der Waals surface area contributed by atoms with Crippen molar-refractivity contribution in [3.8, 4) is 39.7 Å². The van der Waals surface area contributed by atoms with Crippen molar-refractivity contribution in [1.82, 2.24) is 9.13 Å². The van der Waals surface area contributed by atoms with Crippen LogP contribution < -0.4 is 0 Å². The van der Waals surface area contributed by atoms with Gasteiger partial charge in [-0.15, -0.1) is 0 Å². The van der Waals surface area contributed by atoms with E-state index in [9.17, 15) is 5.26 Å². The van der Waals surface area contributed by atoms with E-state index in [1.54, 1.807) is 0 Å². The van der Waals surface area contributed by atoms with E-state index in [0.29, 0.717) is 11.3 Å². The average Bonchev–Trinajstić information content (AvgIpc) is 3.76. The van der Waals surface area contributed by atoms with Crippen molar-refractivity contribution >= 4 is 49.3 Å². The molecule has 4 nitrogen and oxygen atoms in total. The maximum absolute atomic E-state index is 9.90. The van der Waals surface area contributed by atoms with Gasteiger partial charge in [-0.05, 0) is 128 Å². The zero-order valence-corrected chi connectivity index (χ0v) is 39.5. The Bertz CT molecular complexity index is 3030. The number of fused-ring (bicyclic) bond motifs is 6. The summed E-state index contributed by atoms with van der Waals surface area (Å²) in [6, 6.07) is 51.1. The van der Waals surface area contributed by atoms with Crippen molar-refractivity contribution in [2.45, 2.75) is 105 Å². The first kappa shape index (κ1) is 42.4. The summed E-state index contributed by atoms with van der Waals surface area (Å²) in [7, 11) is 0. The van der Waals surface area contributed by atoms with E-state index in [-0.39, 0.29) is 21.7 Å². The second kappa shape index (κ2) is 14.9. The number of aromatic nitrogens is 2. The lowest BCUT2D eigenvalue weighted by molar-refractivity contribution is 0.590. The molecule has 2 heterocycles. The van der Waals surface area contributed by atoms with Crippen molar-refractivity contribution in [1.29, 1.82) is 5.26 Å². The highest BCUT2D eigenvalue weighted by Crippen LogP contribution is 2.46. The molecule has 0 aliphatic carbocycles. The van der Waals surface area contributed by atoms with E-state index in [2.05, 4.69) is 212 Å². The lowest BCUT2D eigenvalue weighted by atomic mass is 9.85. The highest BCUT2D eigenvalue weighted by molar-refractivity contribution is 6.12. The normalized spacial score (nSPS) is 12.7. The minimum atomic E-state index is -0.0360. The van der Waals surface area contributed by atoms with Gasteiger partial charge in [0.25, 0.3) is 0 Å². The minimum absolute atomic E-state index is 0.0355. The van der Waals surface area contributed by atoms with Crippen LogP contribution in [0.4, 0.5) is 5.69 Å². The Labute approximate surface area is 379 Å². The molecule has 0 bridgehead atoms. The van der Waals surface area contributed by atoms with E-state index in [1.165, 1.54) is 43.8 Å². The van der Waals surface area contributed by atoms with Gasteiger partial charge in [-0.25, -0.2) is 4.85 Å². The van der Waals surface area contributed by atoms with E-state index in [4.69, 9.17) is 6.57 Å². The lowest BCUT2D eigenvalue weighted by Crippen LogP contribution is -2.10. The largest absolute Gasteiger partial charge is 0.309 e. The number of rotatable bonds is 4. The number of nitrogens with zero attached hydrogens (tertiary/aromatic N) is 4. The molecular formula is C60H58N4. The Balaban J connectivity index is 1.48. The monoisotopic (exact) mass is 834 g/mol. The Hall–Kier alpha value is -6.88. The fraction of sp³-hybridized carbons (Fsp3) is 0.267. The van der Waals surface area contributed by atoms with Crippen LogP contribution in [-0.4, -0.2) is 9.13 Å². The topological polar surface area (TPSA) is 38.0 Å². The predicted octanol–water partition coefficient (Wildman–Crippen LogP) is 16.8. The Morgan fingerprint density at radius 1 is 0.406 bits per heavy atom. The van der Waals surface area contributed by atoms with Crippen molar-refractivity contribution in [2.75, 3.05) is 0 Å².